The number of rotatable bonds is 6. The molecule has 0 aliphatic heterocycles. The number of hydrogen-bond donors (Lipinski definition) is 1. The fourth-order valence-corrected chi connectivity index (χ4v) is 2.04. The molecule has 0 saturated carbocycles. The van der Waals surface area contributed by atoms with Crippen LogP contribution in [0.1, 0.15) is 35.0 Å². The maximum absolute atomic E-state index is 12.4. The van der Waals surface area contributed by atoms with E-state index in [0.717, 1.165) is 0 Å². The van der Waals surface area contributed by atoms with E-state index in [9.17, 15) is 4.79 Å². The second-order valence-corrected chi connectivity index (χ2v) is 4.79. The third-order valence-electron chi connectivity index (χ3n) is 3.19. The van der Waals surface area contributed by atoms with Crippen LogP contribution in [0.2, 0.25) is 0 Å². The Balaban J connectivity index is 2.25. The molecular weight excluding hydrogens is 302 g/mol. The van der Waals surface area contributed by atoms with Crippen molar-refractivity contribution in [2.24, 2.45) is 0 Å². The summed E-state index contributed by atoms with van der Waals surface area (Å²) in [5.41, 5.74) is 0.364. The summed E-state index contributed by atoms with van der Waals surface area (Å²) in [6.45, 7) is 3.46. The van der Waals surface area contributed by atoms with Crippen LogP contribution in [-0.2, 0) is 0 Å². The Morgan fingerprint density at radius 2 is 1.78 bits per heavy atom. The molecule has 0 unspecified atom stereocenters. The Hall–Kier alpha value is -2.77. The third-order valence-corrected chi connectivity index (χ3v) is 3.19. The molecule has 1 atom stereocenters. The van der Waals surface area contributed by atoms with Crippen molar-refractivity contribution in [3.63, 3.8) is 0 Å². The normalized spacial score (nSPS) is 11.7. The van der Waals surface area contributed by atoms with Gasteiger partial charge >= 0.3 is 0 Å². The number of nitrogens with zero attached hydrogens (tertiary/aromatic N) is 2. The monoisotopic (exact) mass is 321 g/mol. The van der Waals surface area contributed by atoms with Gasteiger partial charge in [-0.1, -0.05) is 5.16 Å². The number of methoxy groups -OCH3 is 3. The van der Waals surface area contributed by atoms with Gasteiger partial charge in [0, 0.05) is 5.56 Å². The van der Waals surface area contributed by atoms with Crippen LogP contribution in [-0.4, -0.2) is 37.4 Å². The number of amides is 1. The van der Waals surface area contributed by atoms with Crippen molar-refractivity contribution < 1.29 is 23.5 Å². The molecule has 1 amide bonds. The van der Waals surface area contributed by atoms with Crippen LogP contribution >= 0.6 is 0 Å². The zero-order valence-corrected chi connectivity index (χ0v) is 13.7. The SMILES string of the molecule is COc1cc(C(=O)N[C@H](C)c2nc(C)no2)cc(OC)c1OC. The topological polar surface area (TPSA) is 95.7 Å². The van der Waals surface area contributed by atoms with Crippen molar-refractivity contribution in [3.05, 3.63) is 29.4 Å². The summed E-state index contributed by atoms with van der Waals surface area (Å²) in [6.07, 6.45) is 0. The molecule has 0 bridgehead atoms. The fraction of sp³-hybridized carbons (Fsp3) is 0.400. The minimum Gasteiger partial charge on any atom is -0.493 e. The molecule has 23 heavy (non-hydrogen) atoms. The van der Waals surface area contributed by atoms with E-state index in [1.165, 1.54) is 21.3 Å². The van der Waals surface area contributed by atoms with Crippen LogP contribution in [0, 0.1) is 6.92 Å². The lowest BCUT2D eigenvalue weighted by Gasteiger charge is -2.15. The van der Waals surface area contributed by atoms with Crippen LogP contribution < -0.4 is 19.5 Å². The predicted octanol–water partition coefficient (Wildman–Crippen LogP) is 1.89. The van der Waals surface area contributed by atoms with E-state index in [4.69, 9.17) is 18.7 Å². The van der Waals surface area contributed by atoms with E-state index in [1.54, 1.807) is 26.0 Å². The van der Waals surface area contributed by atoms with Crippen molar-refractivity contribution in [2.45, 2.75) is 19.9 Å². The first kappa shape index (κ1) is 16.6. The number of aromatic nitrogens is 2. The van der Waals surface area contributed by atoms with Gasteiger partial charge in [-0.2, -0.15) is 4.98 Å². The highest BCUT2D eigenvalue weighted by Crippen LogP contribution is 2.38. The van der Waals surface area contributed by atoms with Gasteiger partial charge in [0.15, 0.2) is 17.3 Å². The van der Waals surface area contributed by atoms with E-state index < -0.39 is 6.04 Å². The number of ether oxygens (including phenoxy) is 3. The molecule has 2 aromatic rings. The Kier molecular flexibility index (Phi) is 5.05. The molecule has 0 aliphatic rings. The summed E-state index contributed by atoms with van der Waals surface area (Å²) in [5, 5.41) is 6.48. The molecule has 1 N–H and O–H groups in total. The Morgan fingerprint density at radius 3 is 2.22 bits per heavy atom. The summed E-state index contributed by atoms with van der Waals surface area (Å²) in [6, 6.07) is 2.72. The lowest BCUT2D eigenvalue weighted by molar-refractivity contribution is 0.0931. The van der Waals surface area contributed by atoms with Gasteiger partial charge in [0.25, 0.3) is 5.91 Å². The number of carbonyl (C=O) groups excluding carboxylic acids is 1. The zero-order chi connectivity index (χ0) is 17.0. The lowest BCUT2D eigenvalue weighted by atomic mass is 10.1. The smallest absolute Gasteiger partial charge is 0.252 e. The van der Waals surface area contributed by atoms with Gasteiger partial charge in [-0.15, -0.1) is 0 Å². The maximum Gasteiger partial charge on any atom is 0.252 e. The van der Waals surface area contributed by atoms with E-state index >= 15 is 0 Å². The molecule has 0 fully saturated rings. The highest BCUT2D eigenvalue weighted by molar-refractivity contribution is 5.95. The van der Waals surface area contributed by atoms with Crippen molar-refractivity contribution >= 4 is 5.91 Å². The number of aryl methyl sites for hydroxylation is 1. The molecule has 124 valence electrons. The first-order chi connectivity index (χ1) is 11.0. The maximum atomic E-state index is 12.4. The van der Waals surface area contributed by atoms with Crippen LogP contribution in [0.25, 0.3) is 0 Å². The van der Waals surface area contributed by atoms with E-state index in [1.807, 2.05) is 0 Å². The van der Waals surface area contributed by atoms with Gasteiger partial charge in [-0.3, -0.25) is 4.79 Å². The first-order valence-corrected chi connectivity index (χ1v) is 6.91. The molecule has 8 heteroatoms. The van der Waals surface area contributed by atoms with Crippen molar-refractivity contribution in [1.82, 2.24) is 15.5 Å². The predicted molar refractivity (Wildman–Crippen MR) is 81.0 cm³/mol. The Morgan fingerprint density at radius 1 is 1.17 bits per heavy atom. The van der Waals surface area contributed by atoms with E-state index in [0.29, 0.717) is 34.5 Å². The van der Waals surface area contributed by atoms with Crippen molar-refractivity contribution in [2.75, 3.05) is 21.3 Å². The van der Waals surface area contributed by atoms with E-state index in [2.05, 4.69) is 15.5 Å². The largest absolute Gasteiger partial charge is 0.493 e. The van der Waals surface area contributed by atoms with Gasteiger partial charge in [-0.25, -0.2) is 0 Å². The second-order valence-electron chi connectivity index (χ2n) is 4.79. The average molecular weight is 321 g/mol. The third kappa shape index (κ3) is 3.53. The van der Waals surface area contributed by atoms with Gasteiger partial charge in [0.2, 0.25) is 11.6 Å². The summed E-state index contributed by atoms with van der Waals surface area (Å²) >= 11 is 0. The molecule has 8 nitrogen and oxygen atoms in total. The van der Waals surface area contributed by atoms with Crippen molar-refractivity contribution in [1.29, 1.82) is 0 Å². The molecule has 0 spiro atoms. The first-order valence-electron chi connectivity index (χ1n) is 6.91. The van der Waals surface area contributed by atoms with Crippen LogP contribution in [0.15, 0.2) is 16.7 Å². The second kappa shape index (κ2) is 6.99. The molecule has 1 aromatic carbocycles. The van der Waals surface area contributed by atoms with Crippen LogP contribution in [0.3, 0.4) is 0 Å². The number of carbonyl (C=O) groups is 1. The molecule has 0 saturated heterocycles. The average Bonchev–Trinajstić information content (AvgIpc) is 2.99. The zero-order valence-electron chi connectivity index (χ0n) is 13.7. The standard InChI is InChI=1S/C15H19N3O5/c1-8(15-17-9(2)18-23-15)16-14(19)10-6-11(20-3)13(22-5)12(7-10)21-4/h6-8H,1-5H3,(H,16,19)/t8-/m1/s1. The molecule has 1 heterocycles. The number of benzene rings is 1. The van der Waals surface area contributed by atoms with E-state index in [-0.39, 0.29) is 5.91 Å². The van der Waals surface area contributed by atoms with Gasteiger partial charge in [0.05, 0.1) is 21.3 Å². The summed E-state index contributed by atoms with van der Waals surface area (Å²) < 4.78 is 20.7. The molecule has 1 aromatic heterocycles. The minimum atomic E-state index is -0.428. The van der Waals surface area contributed by atoms with Crippen LogP contribution in [0.4, 0.5) is 0 Å². The lowest BCUT2D eigenvalue weighted by Crippen LogP contribution is -2.27. The minimum absolute atomic E-state index is 0.326. The molecule has 0 radical (unpaired) electrons. The van der Waals surface area contributed by atoms with Gasteiger partial charge in [-0.05, 0) is 26.0 Å². The summed E-state index contributed by atoms with van der Waals surface area (Å²) in [7, 11) is 4.48. The highest BCUT2D eigenvalue weighted by Gasteiger charge is 2.20. The quantitative estimate of drug-likeness (QED) is 0.868. The highest BCUT2D eigenvalue weighted by atomic mass is 16.5. The van der Waals surface area contributed by atoms with Crippen molar-refractivity contribution in [3.8, 4) is 17.2 Å². The Labute approximate surface area is 133 Å². The van der Waals surface area contributed by atoms with Crippen LogP contribution in [0.5, 0.6) is 17.2 Å². The fourth-order valence-electron chi connectivity index (χ4n) is 2.04. The number of nitrogens with one attached hydrogen (secondary N) is 1. The molecule has 2 rings (SSSR count). The number of hydrogen-bond acceptors (Lipinski definition) is 7. The summed E-state index contributed by atoms with van der Waals surface area (Å²) in [4.78, 5) is 16.5. The molecular formula is C15H19N3O5. The van der Waals surface area contributed by atoms with Gasteiger partial charge < -0.3 is 24.1 Å². The summed E-state index contributed by atoms with van der Waals surface area (Å²) in [5.74, 6) is 1.74. The van der Waals surface area contributed by atoms with Gasteiger partial charge in [0.1, 0.15) is 6.04 Å². The molecule has 0 aliphatic carbocycles. The Bertz CT molecular complexity index is 673.